The minimum atomic E-state index is -0.471. The zero-order valence-corrected chi connectivity index (χ0v) is 18.3. The fraction of sp³-hybridized carbons (Fsp3) is 0.259. The van der Waals surface area contributed by atoms with Gasteiger partial charge in [-0.05, 0) is 54.7 Å². The SMILES string of the molecule is CCCc1cc(CC)c(CC)c(OC(=O)c2ccccc2)c1OC(=O)c1ccccc1. The monoisotopic (exact) mass is 416 g/mol. The molecule has 0 aliphatic carbocycles. The quantitative estimate of drug-likeness (QED) is 0.324. The van der Waals surface area contributed by atoms with Gasteiger partial charge in [-0.3, -0.25) is 0 Å². The molecule has 4 heteroatoms. The number of esters is 2. The van der Waals surface area contributed by atoms with Gasteiger partial charge < -0.3 is 9.47 Å². The van der Waals surface area contributed by atoms with Gasteiger partial charge in [0.05, 0.1) is 11.1 Å². The highest BCUT2D eigenvalue weighted by Gasteiger charge is 2.24. The van der Waals surface area contributed by atoms with Crippen molar-refractivity contribution in [3.8, 4) is 11.5 Å². The Morgan fingerprint density at radius 2 is 1.19 bits per heavy atom. The first-order valence-corrected chi connectivity index (χ1v) is 10.8. The average Bonchev–Trinajstić information content (AvgIpc) is 2.81. The van der Waals surface area contributed by atoms with Crippen molar-refractivity contribution >= 4 is 11.9 Å². The van der Waals surface area contributed by atoms with Crippen LogP contribution in [0.3, 0.4) is 0 Å². The molecule has 31 heavy (non-hydrogen) atoms. The highest BCUT2D eigenvalue weighted by molar-refractivity contribution is 5.93. The lowest BCUT2D eigenvalue weighted by Crippen LogP contribution is -2.16. The van der Waals surface area contributed by atoms with Gasteiger partial charge in [-0.2, -0.15) is 0 Å². The molecule has 0 unspecified atom stereocenters. The van der Waals surface area contributed by atoms with Crippen molar-refractivity contribution in [1.82, 2.24) is 0 Å². The van der Waals surface area contributed by atoms with E-state index in [4.69, 9.17) is 9.47 Å². The third-order valence-corrected chi connectivity index (χ3v) is 5.17. The Kier molecular flexibility index (Phi) is 7.60. The van der Waals surface area contributed by atoms with Crippen LogP contribution in [0, 0.1) is 0 Å². The second-order valence-electron chi connectivity index (χ2n) is 7.30. The highest BCUT2D eigenvalue weighted by Crippen LogP contribution is 2.40. The molecule has 0 N–H and O–H groups in total. The summed E-state index contributed by atoms with van der Waals surface area (Å²) in [6.45, 7) is 6.15. The maximum atomic E-state index is 12.9. The maximum absolute atomic E-state index is 12.9. The molecule has 3 rings (SSSR count). The molecule has 3 aromatic rings. The van der Waals surface area contributed by atoms with Gasteiger partial charge in [0.25, 0.3) is 0 Å². The van der Waals surface area contributed by atoms with E-state index in [2.05, 4.69) is 19.9 Å². The summed E-state index contributed by atoms with van der Waals surface area (Å²) in [5.74, 6) is -0.248. The van der Waals surface area contributed by atoms with Gasteiger partial charge in [-0.25, -0.2) is 9.59 Å². The van der Waals surface area contributed by atoms with E-state index in [9.17, 15) is 9.59 Å². The van der Waals surface area contributed by atoms with E-state index in [1.54, 1.807) is 48.5 Å². The fourth-order valence-corrected chi connectivity index (χ4v) is 3.62. The summed E-state index contributed by atoms with van der Waals surface area (Å²) < 4.78 is 11.8. The number of carbonyl (C=O) groups excluding carboxylic acids is 2. The van der Waals surface area contributed by atoms with E-state index in [0.29, 0.717) is 35.5 Å². The molecule has 0 saturated heterocycles. The lowest BCUT2D eigenvalue weighted by molar-refractivity contribution is 0.0679. The van der Waals surface area contributed by atoms with Crippen LogP contribution in [-0.4, -0.2) is 11.9 Å². The third-order valence-electron chi connectivity index (χ3n) is 5.17. The van der Waals surface area contributed by atoms with E-state index in [-0.39, 0.29) is 0 Å². The van der Waals surface area contributed by atoms with Crippen LogP contribution >= 0.6 is 0 Å². The molecule has 3 aromatic carbocycles. The zero-order chi connectivity index (χ0) is 22.2. The molecule has 0 aliphatic rings. The van der Waals surface area contributed by atoms with Crippen LogP contribution in [0.4, 0.5) is 0 Å². The second kappa shape index (κ2) is 10.6. The van der Waals surface area contributed by atoms with Crippen LogP contribution in [0.5, 0.6) is 11.5 Å². The van der Waals surface area contributed by atoms with E-state index in [1.165, 1.54) is 0 Å². The van der Waals surface area contributed by atoms with E-state index in [0.717, 1.165) is 29.5 Å². The summed E-state index contributed by atoms with van der Waals surface area (Å²) in [7, 11) is 0. The first-order valence-electron chi connectivity index (χ1n) is 10.8. The number of carbonyl (C=O) groups is 2. The number of hydrogen-bond donors (Lipinski definition) is 0. The Hall–Kier alpha value is -3.40. The molecular formula is C27H28O4. The molecule has 0 bridgehead atoms. The molecule has 0 spiro atoms. The van der Waals surface area contributed by atoms with Crippen LogP contribution in [-0.2, 0) is 19.3 Å². The van der Waals surface area contributed by atoms with Gasteiger partial charge in [-0.1, -0.05) is 69.7 Å². The molecule has 0 aromatic heterocycles. The lowest BCUT2D eigenvalue weighted by Gasteiger charge is -2.20. The zero-order valence-electron chi connectivity index (χ0n) is 18.3. The summed E-state index contributed by atoms with van der Waals surface area (Å²) >= 11 is 0. The molecule has 0 heterocycles. The minimum Gasteiger partial charge on any atom is -0.419 e. The summed E-state index contributed by atoms with van der Waals surface area (Å²) in [5.41, 5.74) is 3.76. The predicted molar refractivity (Wildman–Crippen MR) is 122 cm³/mol. The maximum Gasteiger partial charge on any atom is 0.343 e. The Morgan fingerprint density at radius 3 is 1.65 bits per heavy atom. The lowest BCUT2D eigenvalue weighted by atomic mass is 9.95. The molecule has 0 radical (unpaired) electrons. The van der Waals surface area contributed by atoms with E-state index in [1.807, 2.05) is 19.1 Å². The van der Waals surface area contributed by atoms with E-state index >= 15 is 0 Å². The van der Waals surface area contributed by atoms with Crippen LogP contribution < -0.4 is 9.47 Å². The second-order valence-corrected chi connectivity index (χ2v) is 7.30. The van der Waals surface area contributed by atoms with Crippen molar-refractivity contribution in [3.05, 3.63) is 94.5 Å². The van der Waals surface area contributed by atoms with Crippen molar-refractivity contribution in [1.29, 1.82) is 0 Å². The first-order chi connectivity index (χ1) is 15.1. The van der Waals surface area contributed by atoms with Gasteiger partial charge in [0, 0.05) is 5.56 Å². The van der Waals surface area contributed by atoms with Gasteiger partial charge >= 0.3 is 11.9 Å². The molecule has 160 valence electrons. The molecule has 0 saturated carbocycles. The number of aryl methyl sites for hydroxylation is 2. The Bertz CT molecular complexity index is 1040. The van der Waals surface area contributed by atoms with E-state index < -0.39 is 11.9 Å². The summed E-state index contributed by atoms with van der Waals surface area (Å²) in [6.07, 6.45) is 3.03. The van der Waals surface area contributed by atoms with Gasteiger partial charge in [0.15, 0.2) is 11.5 Å². The number of rotatable bonds is 8. The number of hydrogen-bond acceptors (Lipinski definition) is 4. The number of ether oxygens (including phenoxy) is 2. The van der Waals surface area contributed by atoms with Crippen LogP contribution in [0.15, 0.2) is 66.7 Å². The molecule has 0 aliphatic heterocycles. The van der Waals surface area contributed by atoms with Gasteiger partial charge in [0.1, 0.15) is 0 Å². The van der Waals surface area contributed by atoms with Crippen LogP contribution in [0.1, 0.15) is 64.6 Å². The van der Waals surface area contributed by atoms with Crippen LogP contribution in [0.25, 0.3) is 0 Å². The highest BCUT2D eigenvalue weighted by atomic mass is 16.6. The van der Waals surface area contributed by atoms with Crippen molar-refractivity contribution in [2.45, 2.75) is 46.5 Å². The summed E-state index contributed by atoms with van der Waals surface area (Å²) in [4.78, 5) is 25.8. The van der Waals surface area contributed by atoms with Gasteiger partial charge in [0.2, 0.25) is 0 Å². The topological polar surface area (TPSA) is 52.6 Å². The largest absolute Gasteiger partial charge is 0.419 e. The fourth-order valence-electron chi connectivity index (χ4n) is 3.62. The Labute approximate surface area is 183 Å². The van der Waals surface area contributed by atoms with Gasteiger partial charge in [-0.15, -0.1) is 0 Å². The average molecular weight is 417 g/mol. The molecule has 0 amide bonds. The Morgan fingerprint density at radius 1 is 0.677 bits per heavy atom. The molecule has 0 atom stereocenters. The predicted octanol–water partition coefficient (Wildman–Crippen LogP) is 6.20. The Balaban J connectivity index is 2.11. The van der Waals surface area contributed by atoms with Crippen molar-refractivity contribution in [3.63, 3.8) is 0 Å². The van der Waals surface area contributed by atoms with Crippen LogP contribution in [0.2, 0.25) is 0 Å². The minimum absolute atomic E-state index is 0.342. The summed E-state index contributed by atoms with van der Waals surface area (Å²) in [5, 5.41) is 0. The third kappa shape index (κ3) is 5.21. The standard InChI is InChI=1S/C27H28O4/c1-4-13-22-18-19(5-2)23(6-3)25(31-27(29)21-16-11-8-12-17-21)24(22)30-26(28)20-14-9-7-10-15-20/h7-12,14-18H,4-6,13H2,1-3H3. The number of benzene rings is 3. The van der Waals surface area contributed by atoms with Crippen molar-refractivity contribution in [2.75, 3.05) is 0 Å². The normalized spacial score (nSPS) is 10.5. The first kappa shape index (κ1) is 22.3. The molecular weight excluding hydrogens is 388 g/mol. The molecule has 0 fully saturated rings. The van der Waals surface area contributed by atoms with Crippen molar-refractivity contribution in [2.24, 2.45) is 0 Å². The van der Waals surface area contributed by atoms with Crippen molar-refractivity contribution < 1.29 is 19.1 Å². The molecule has 4 nitrogen and oxygen atoms in total. The smallest absolute Gasteiger partial charge is 0.343 e. The summed E-state index contributed by atoms with van der Waals surface area (Å²) in [6, 6.07) is 19.8.